The van der Waals surface area contributed by atoms with E-state index in [0.29, 0.717) is 34.1 Å². The number of rotatable bonds is 7. The van der Waals surface area contributed by atoms with Gasteiger partial charge < -0.3 is 15.6 Å². The van der Waals surface area contributed by atoms with Gasteiger partial charge in [0.05, 0.1) is 35.4 Å². The summed E-state index contributed by atoms with van der Waals surface area (Å²) < 4.78 is 41.1. The van der Waals surface area contributed by atoms with Crippen LogP contribution < -0.4 is 14.9 Å². The minimum absolute atomic E-state index is 0.201. The van der Waals surface area contributed by atoms with E-state index >= 15 is 0 Å². The Morgan fingerprint density at radius 2 is 1.97 bits per heavy atom. The quantitative estimate of drug-likeness (QED) is 0.346. The Morgan fingerprint density at radius 1 is 1.22 bits per heavy atom. The lowest BCUT2D eigenvalue weighted by Crippen LogP contribution is -2.25. The highest BCUT2D eigenvalue weighted by Crippen LogP contribution is 2.37. The molecule has 3 aromatic heterocycles. The van der Waals surface area contributed by atoms with E-state index in [1.165, 1.54) is 11.4 Å². The fourth-order valence-corrected chi connectivity index (χ4v) is 4.40. The van der Waals surface area contributed by atoms with E-state index in [0.717, 1.165) is 17.4 Å². The van der Waals surface area contributed by atoms with Crippen LogP contribution in [0.2, 0.25) is 0 Å². The first-order valence-corrected chi connectivity index (χ1v) is 13.0. The molecule has 5 rings (SSSR count). The van der Waals surface area contributed by atoms with E-state index in [9.17, 15) is 17.6 Å². The number of carbonyl (C=O) groups is 1. The van der Waals surface area contributed by atoms with Crippen molar-refractivity contribution in [3.05, 3.63) is 42.5 Å². The molecule has 2 atom stereocenters. The van der Waals surface area contributed by atoms with Crippen LogP contribution in [0, 0.1) is 12.8 Å². The highest BCUT2D eigenvalue weighted by atomic mass is 32.2. The monoisotopic (exact) mass is 512 g/mol. The molecule has 3 N–H and O–H groups in total. The standard InChI is InChI=1S/C23H25FN8O3S/c1-12-26-21-18(9-20(29-22(21)27-12)30-23(33)15-8-16(15)24)28-17-6-5-13(14-10-25-31(2)11-14)7-19(17)32(3)36(4,34)35/h5-7,9-11,15-16H,8H2,1-4H3,(H3,26,27,28,29,30,33)/t15-,16+/m1/s1. The minimum Gasteiger partial charge on any atom is -0.352 e. The van der Waals surface area contributed by atoms with Gasteiger partial charge in [-0.1, -0.05) is 6.07 Å². The number of sulfonamides is 1. The van der Waals surface area contributed by atoms with E-state index in [1.54, 1.807) is 43.0 Å². The fraction of sp³-hybridized carbons (Fsp3) is 0.304. The molecule has 0 radical (unpaired) electrons. The number of imidazole rings is 1. The summed E-state index contributed by atoms with van der Waals surface area (Å²) in [5.41, 5.74) is 3.93. The van der Waals surface area contributed by atoms with Crippen LogP contribution in [0.1, 0.15) is 12.2 Å². The third-order valence-corrected chi connectivity index (χ3v) is 7.21. The number of hydrogen-bond donors (Lipinski definition) is 3. The summed E-state index contributed by atoms with van der Waals surface area (Å²) in [6.07, 6.45) is 3.73. The maximum Gasteiger partial charge on any atom is 0.232 e. The van der Waals surface area contributed by atoms with Crippen molar-refractivity contribution >= 4 is 50.0 Å². The van der Waals surface area contributed by atoms with E-state index in [2.05, 4.69) is 30.7 Å². The van der Waals surface area contributed by atoms with Gasteiger partial charge >= 0.3 is 0 Å². The second-order valence-corrected chi connectivity index (χ2v) is 10.9. The topological polar surface area (TPSA) is 138 Å². The molecule has 1 aliphatic rings. The van der Waals surface area contributed by atoms with Crippen LogP contribution in [0.3, 0.4) is 0 Å². The number of benzene rings is 1. The highest BCUT2D eigenvalue weighted by molar-refractivity contribution is 7.92. The van der Waals surface area contributed by atoms with Crippen molar-refractivity contribution in [2.45, 2.75) is 19.5 Å². The van der Waals surface area contributed by atoms with Gasteiger partial charge in [-0.3, -0.25) is 13.8 Å². The number of carbonyl (C=O) groups excluding carboxylic acids is 1. The zero-order valence-electron chi connectivity index (χ0n) is 20.1. The van der Waals surface area contributed by atoms with Crippen molar-refractivity contribution in [3.8, 4) is 11.1 Å². The van der Waals surface area contributed by atoms with Crippen molar-refractivity contribution in [2.75, 3.05) is 28.2 Å². The number of aryl methyl sites for hydroxylation is 2. The van der Waals surface area contributed by atoms with Crippen LogP contribution in [0.4, 0.5) is 27.3 Å². The number of alkyl halides is 1. The molecule has 0 aliphatic heterocycles. The molecule has 11 nitrogen and oxygen atoms in total. The number of fused-ring (bicyclic) bond motifs is 1. The van der Waals surface area contributed by atoms with Crippen LogP contribution in [0.5, 0.6) is 0 Å². The van der Waals surface area contributed by atoms with Gasteiger partial charge in [-0.25, -0.2) is 22.8 Å². The SMILES string of the molecule is Cc1nc2c(Nc3ccc(-c4cnn(C)c4)cc3N(C)S(C)(=O)=O)cc(NC(=O)[C@@H]3C[C@@H]3F)nc2[nH]1. The molecule has 1 aromatic carbocycles. The number of nitrogens with one attached hydrogen (secondary N) is 3. The molecule has 1 saturated carbocycles. The number of nitrogens with zero attached hydrogens (tertiary/aromatic N) is 5. The van der Waals surface area contributed by atoms with Gasteiger partial charge in [0.1, 0.15) is 23.3 Å². The molecule has 0 unspecified atom stereocenters. The van der Waals surface area contributed by atoms with Gasteiger partial charge in [-0.15, -0.1) is 0 Å². The smallest absolute Gasteiger partial charge is 0.232 e. The Labute approximate surface area is 206 Å². The minimum atomic E-state index is -3.59. The van der Waals surface area contributed by atoms with Gasteiger partial charge in [-0.2, -0.15) is 5.10 Å². The van der Waals surface area contributed by atoms with Gasteiger partial charge in [0, 0.05) is 31.9 Å². The molecule has 0 saturated heterocycles. The number of halogens is 1. The zero-order chi connectivity index (χ0) is 25.8. The Hall–Kier alpha value is -4.00. The van der Waals surface area contributed by atoms with Crippen LogP contribution in [0.25, 0.3) is 22.3 Å². The fourth-order valence-electron chi connectivity index (χ4n) is 3.89. The summed E-state index contributed by atoms with van der Waals surface area (Å²) in [4.78, 5) is 24.2. The molecule has 1 amide bonds. The molecule has 1 aliphatic carbocycles. The predicted octanol–water partition coefficient (Wildman–Crippen LogP) is 3.10. The molecule has 188 valence electrons. The average molecular weight is 513 g/mol. The summed E-state index contributed by atoms with van der Waals surface area (Å²) in [6, 6.07) is 6.97. The van der Waals surface area contributed by atoms with Gasteiger partial charge in [0.25, 0.3) is 0 Å². The second-order valence-electron chi connectivity index (χ2n) is 8.91. The number of aromatic nitrogens is 5. The van der Waals surface area contributed by atoms with Crippen molar-refractivity contribution in [2.24, 2.45) is 13.0 Å². The molecule has 4 aromatic rings. The van der Waals surface area contributed by atoms with E-state index < -0.39 is 28.0 Å². The largest absolute Gasteiger partial charge is 0.352 e. The average Bonchev–Trinajstić information content (AvgIpc) is 3.18. The molecule has 3 heterocycles. The zero-order valence-corrected chi connectivity index (χ0v) is 20.9. The third kappa shape index (κ3) is 4.61. The first kappa shape index (κ1) is 23.7. The Balaban J connectivity index is 1.57. The van der Waals surface area contributed by atoms with Crippen molar-refractivity contribution in [3.63, 3.8) is 0 Å². The molecular weight excluding hydrogens is 487 g/mol. The Morgan fingerprint density at radius 3 is 2.61 bits per heavy atom. The van der Waals surface area contributed by atoms with Crippen LogP contribution in [-0.2, 0) is 21.9 Å². The summed E-state index contributed by atoms with van der Waals surface area (Å²) >= 11 is 0. The molecule has 13 heteroatoms. The van der Waals surface area contributed by atoms with Crippen LogP contribution >= 0.6 is 0 Å². The van der Waals surface area contributed by atoms with Crippen molar-refractivity contribution in [1.82, 2.24) is 24.7 Å². The number of amides is 1. The number of anilines is 4. The summed E-state index contributed by atoms with van der Waals surface area (Å²) in [7, 11) is -0.316. The van der Waals surface area contributed by atoms with Crippen LogP contribution in [-0.4, -0.2) is 58.5 Å². The summed E-state index contributed by atoms with van der Waals surface area (Å²) in [6.45, 7) is 1.77. The van der Waals surface area contributed by atoms with Crippen molar-refractivity contribution < 1.29 is 17.6 Å². The van der Waals surface area contributed by atoms with Gasteiger partial charge in [0.15, 0.2) is 5.65 Å². The maximum atomic E-state index is 13.4. The number of hydrogen-bond acceptors (Lipinski definition) is 7. The molecular formula is C23H25FN8O3S. The number of aromatic amines is 1. The van der Waals surface area contributed by atoms with E-state index in [1.807, 2.05) is 12.3 Å². The predicted molar refractivity (Wildman–Crippen MR) is 135 cm³/mol. The van der Waals surface area contributed by atoms with Gasteiger partial charge in [-0.05, 0) is 31.0 Å². The first-order chi connectivity index (χ1) is 17.0. The highest BCUT2D eigenvalue weighted by Gasteiger charge is 2.43. The maximum absolute atomic E-state index is 13.4. The molecule has 0 bridgehead atoms. The first-order valence-electron chi connectivity index (χ1n) is 11.2. The Kier molecular flexibility index (Phi) is 5.66. The molecule has 36 heavy (non-hydrogen) atoms. The second kappa shape index (κ2) is 8.59. The third-order valence-electron chi connectivity index (χ3n) is 6.01. The number of pyridine rings is 1. The lowest BCUT2D eigenvalue weighted by Gasteiger charge is -2.22. The van der Waals surface area contributed by atoms with Gasteiger partial charge in [0.2, 0.25) is 15.9 Å². The molecule has 0 spiro atoms. The van der Waals surface area contributed by atoms with Crippen LogP contribution in [0.15, 0.2) is 36.7 Å². The van der Waals surface area contributed by atoms with E-state index in [4.69, 9.17) is 0 Å². The lowest BCUT2D eigenvalue weighted by atomic mass is 10.1. The number of H-pyrrole nitrogens is 1. The molecule has 1 fully saturated rings. The summed E-state index contributed by atoms with van der Waals surface area (Å²) in [5, 5.41) is 10.1. The van der Waals surface area contributed by atoms with Crippen molar-refractivity contribution in [1.29, 1.82) is 0 Å². The lowest BCUT2D eigenvalue weighted by molar-refractivity contribution is -0.117. The Bertz CT molecular complexity index is 1600. The summed E-state index contributed by atoms with van der Waals surface area (Å²) in [5.74, 6) is -0.273. The van der Waals surface area contributed by atoms with E-state index in [-0.39, 0.29) is 12.2 Å². The normalized spacial score (nSPS) is 17.2.